The van der Waals surface area contributed by atoms with E-state index in [2.05, 4.69) is 266 Å². The number of para-hydroxylation sites is 1. The average Bonchev–Trinajstić information content (AvgIpc) is 3.93. The van der Waals surface area contributed by atoms with E-state index in [0.717, 1.165) is 39.0 Å². The number of pyridine rings is 1. The third kappa shape index (κ3) is 9.01. The van der Waals surface area contributed by atoms with Gasteiger partial charge in [-0.05, 0) is 69.1 Å². The number of hydrogen-bond donors (Lipinski definition) is 0. The summed E-state index contributed by atoms with van der Waals surface area (Å²) in [5.74, 6) is 2.03. The molecule has 7 aromatic carbocycles. The van der Waals surface area contributed by atoms with E-state index >= 15 is 0 Å². The van der Waals surface area contributed by atoms with Crippen LogP contribution in [0.25, 0.3) is 38.8 Å². The van der Waals surface area contributed by atoms with Crippen molar-refractivity contribution in [2.75, 3.05) is 9.80 Å². The van der Waals surface area contributed by atoms with Crippen molar-refractivity contribution in [1.82, 2.24) is 9.55 Å². The fourth-order valence-electron chi connectivity index (χ4n) is 10.1. The summed E-state index contributed by atoms with van der Waals surface area (Å²) < 4.78 is 8.99. The van der Waals surface area contributed by atoms with Crippen LogP contribution in [0.1, 0.15) is 91.5 Å². The number of anilines is 2. The van der Waals surface area contributed by atoms with Gasteiger partial charge in [0.25, 0.3) is 0 Å². The van der Waals surface area contributed by atoms with E-state index in [-0.39, 0.29) is 42.7 Å². The van der Waals surface area contributed by atoms with Crippen LogP contribution in [-0.4, -0.2) is 9.55 Å². The number of allylic oxidation sites excluding steroid dienone is 2. The summed E-state index contributed by atoms with van der Waals surface area (Å²) in [5, 5.41) is 2.21. The molecule has 10 rings (SSSR count). The van der Waals surface area contributed by atoms with Gasteiger partial charge in [-0.2, -0.15) is 12.1 Å². The first-order valence-electron chi connectivity index (χ1n) is 24.1. The number of ether oxygens (including phenoxy) is 1. The van der Waals surface area contributed by atoms with Crippen molar-refractivity contribution in [1.29, 1.82) is 0 Å². The molecule has 1 aliphatic rings. The largest absolute Gasteiger partial charge is 0.509 e. The molecule has 0 amide bonds. The number of benzene rings is 7. The van der Waals surface area contributed by atoms with Crippen molar-refractivity contribution >= 4 is 33.2 Å². The van der Waals surface area contributed by atoms with Crippen molar-refractivity contribution in [3.8, 4) is 28.4 Å². The molecule has 0 unspecified atom stereocenters. The Morgan fingerprint density at radius 3 is 1.71 bits per heavy atom. The molecule has 0 radical (unpaired) electrons. The molecule has 1 aliphatic heterocycles. The molecule has 0 saturated heterocycles. The van der Waals surface area contributed by atoms with Crippen molar-refractivity contribution in [3.63, 3.8) is 0 Å². The fraction of sp³-hybridized carbons (Fsp3) is 0.219. The van der Waals surface area contributed by atoms with Gasteiger partial charge >= 0.3 is 0 Å². The minimum atomic E-state index is -0.258. The summed E-state index contributed by atoms with van der Waals surface area (Å²) in [6.07, 6.45) is 1.92. The quantitative estimate of drug-likeness (QED) is 0.128. The zero-order chi connectivity index (χ0) is 48.3. The Hall–Kier alpha value is -6.68. The van der Waals surface area contributed by atoms with Crippen LogP contribution < -0.4 is 14.5 Å². The van der Waals surface area contributed by atoms with Crippen LogP contribution >= 0.6 is 0 Å². The first-order valence-corrected chi connectivity index (χ1v) is 24.1. The van der Waals surface area contributed by atoms with E-state index in [0.29, 0.717) is 11.5 Å². The number of hydrogen-bond acceptors (Lipinski definition) is 4. The fourth-order valence-corrected chi connectivity index (χ4v) is 10.1. The predicted octanol–water partition coefficient (Wildman–Crippen LogP) is 16.6. The van der Waals surface area contributed by atoms with Gasteiger partial charge < -0.3 is 19.1 Å². The minimum Gasteiger partial charge on any atom is -0.509 e. The van der Waals surface area contributed by atoms with Gasteiger partial charge in [0.05, 0.1) is 0 Å². The van der Waals surface area contributed by atoms with Crippen LogP contribution in [0.4, 0.5) is 11.4 Å². The van der Waals surface area contributed by atoms with Crippen LogP contribution in [-0.2, 0) is 31.9 Å². The van der Waals surface area contributed by atoms with Gasteiger partial charge in [-0.1, -0.05) is 190 Å². The zero-order valence-electron chi connectivity index (χ0n) is 41.9. The molecule has 3 heterocycles. The van der Waals surface area contributed by atoms with Crippen molar-refractivity contribution in [2.45, 2.75) is 80.1 Å². The first kappa shape index (κ1) is 48.3. The molecule has 0 spiro atoms. The van der Waals surface area contributed by atoms with E-state index in [4.69, 9.17) is 9.72 Å². The Kier molecular flexibility index (Phi) is 12.8. The Morgan fingerprint density at radius 2 is 1.06 bits per heavy atom. The van der Waals surface area contributed by atoms with Gasteiger partial charge in [0.2, 0.25) is 0 Å². The summed E-state index contributed by atoms with van der Waals surface area (Å²) in [6, 6.07) is 69.9. The van der Waals surface area contributed by atoms with Gasteiger partial charge in [0.1, 0.15) is 5.82 Å². The molecule has 70 heavy (non-hydrogen) atoms. The molecule has 0 atom stereocenters. The molecule has 0 saturated carbocycles. The summed E-state index contributed by atoms with van der Waals surface area (Å²) in [4.78, 5) is 9.71. The summed E-state index contributed by atoms with van der Waals surface area (Å²) in [6.45, 7) is 25.3. The molecule has 2 aromatic heterocycles. The van der Waals surface area contributed by atoms with Gasteiger partial charge in [0.15, 0.2) is 0 Å². The Balaban J connectivity index is 0.00000608. The van der Waals surface area contributed by atoms with Crippen LogP contribution in [0.3, 0.4) is 0 Å². The average molecular weight is 1100 g/mol. The van der Waals surface area contributed by atoms with Gasteiger partial charge in [-0.15, -0.1) is 48.1 Å². The standard InChI is InChI=1S/C64H61N4O.Pt/c1-61(2,3)59-60(62(4,5)6)67(51-38-45(44-23-14-11-15-24-44)37-49(39-51)64(9,10)47-27-18-13-19-28-47)43-66(59)50-29-22-30-52(41-50)69-53-33-34-55-54-31-20-21-32-56(54)68(57(55)42-53)58-40-48(35-36-65-58)63(7,8)46-25-16-12-17-26-46;/h11-40,43H,1-10H3;/q-3;. The van der Waals surface area contributed by atoms with Crippen LogP contribution in [0, 0.1) is 29.6 Å². The van der Waals surface area contributed by atoms with E-state index in [1.165, 1.54) is 44.8 Å². The van der Waals surface area contributed by atoms with E-state index < -0.39 is 0 Å². The molecule has 0 bridgehead atoms. The Labute approximate surface area is 429 Å². The number of rotatable bonds is 10. The molecule has 0 fully saturated rings. The second-order valence-corrected chi connectivity index (χ2v) is 21.5. The topological polar surface area (TPSA) is 33.5 Å². The van der Waals surface area contributed by atoms with Crippen LogP contribution in [0.15, 0.2) is 194 Å². The molecule has 6 heteroatoms. The summed E-state index contributed by atoms with van der Waals surface area (Å²) in [5.41, 5.74) is 12.8. The van der Waals surface area contributed by atoms with E-state index in [9.17, 15) is 0 Å². The Morgan fingerprint density at radius 1 is 0.471 bits per heavy atom. The molecule has 0 N–H and O–H groups in total. The molecule has 5 nitrogen and oxygen atoms in total. The predicted molar refractivity (Wildman–Crippen MR) is 287 cm³/mol. The van der Waals surface area contributed by atoms with Crippen molar-refractivity contribution < 1.29 is 25.8 Å². The normalized spacial score (nSPS) is 13.6. The maximum atomic E-state index is 6.78. The minimum absolute atomic E-state index is 0. The van der Waals surface area contributed by atoms with Crippen LogP contribution in [0.5, 0.6) is 11.5 Å². The van der Waals surface area contributed by atoms with E-state index in [1.807, 2.05) is 18.3 Å². The van der Waals surface area contributed by atoms with E-state index in [1.54, 1.807) is 0 Å². The molecular formula is C64H61N4OPt-3. The summed E-state index contributed by atoms with van der Waals surface area (Å²) in [7, 11) is 0. The molecule has 0 aliphatic carbocycles. The van der Waals surface area contributed by atoms with Crippen molar-refractivity contribution in [3.05, 3.63) is 235 Å². The van der Waals surface area contributed by atoms with Gasteiger partial charge in [0, 0.05) is 83.0 Å². The second kappa shape index (κ2) is 18.6. The van der Waals surface area contributed by atoms with Gasteiger partial charge in [-0.3, -0.25) is 0 Å². The molecular weight excluding hydrogens is 1040 g/mol. The summed E-state index contributed by atoms with van der Waals surface area (Å²) >= 11 is 0. The SMILES string of the molecule is CC(C)(C)C1=C(C(C)(C)C)N(c2cc(-c3ccccc3)cc(C(C)(C)c3ccccc3)c2)[CH-]N1c1[c-]c(Oc2[c-]c3c(cc2)c2ccccc2n3-c2cc(C(C)(C)c3ccccc3)ccn2)ccc1.[Pt]. The number of nitrogens with zero attached hydrogens (tertiary/aromatic N) is 4. The molecule has 9 aromatic rings. The van der Waals surface area contributed by atoms with Crippen LogP contribution in [0.2, 0.25) is 0 Å². The molecule has 356 valence electrons. The van der Waals surface area contributed by atoms with Crippen molar-refractivity contribution in [2.24, 2.45) is 10.8 Å². The zero-order valence-corrected chi connectivity index (χ0v) is 44.2. The van der Waals surface area contributed by atoms with Gasteiger partial charge in [-0.25, -0.2) is 4.98 Å². The third-order valence-corrected chi connectivity index (χ3v) is 13.9. The first-order chi connectivity index (χ1) is 33.0. The smallest absolute Gasteiger partial charge is 0.135 e. The maximum absolute atomic E-state index is 6.78. The maximum Gasteiger partial charge on any atom is 0.135 e. The monoisotopic (exact) mass is 1100 g/mol. The Bertz CT molecular complexity index is 3360. The number of aromatic nitrogens is 2. The number of fused-ring (bicyclic) bond motifs is 3. The second-order valence-electron chi connectivity index (χ2n) is 21.5. The third-order valence-electron chi connectivity index (χ3n) is 13.9.